The van der Waals surface area contributed by atoms with E-state index in [1.165, 1.54) is 67.1 Å². The molecule has 0 nitrogen and oxygen atoms in total. The zero-order valence-corrected chi connectivity index (χ0v) is 26.6. The van der Waals surface area contributed by atoms with Crippen LogP contribution in [0.25, 0.3) is 21.5 Å². The van der Waals surface area contributed by atoms with E-state index in [1.807, 2.05) is 0 Å². The van der Waals surface area contributed by atoms with Crippen LogP contribution in [-0.4, -0.2) is 9.52 Å². The third kappa shape index (κ3) is 12.9. The Morgan fingerprint density at radius 3 is 1.26 bits per heavy atom. The molecule has 4 rings (SSSR count). The first-order valence-corrected chi connectivity index (χ1v) is 13.3. The molecule has 0 spiro atoms. The molecule has 0 bridgehead atoms. The largest absolute Gasteiger partial charge is 4.00 e. The fourth-order valence-electron chi connectivity index (χ4n) is 3.86. The Bertz CT molecular complexity index is 869. The zero-order valence-electron chi connectivity index (χ0n) is 21.7. The molecule has 0 aliphatic heterocycles. The number of halogens is 2. The molecule has 182 valence electrons. The molecule has 0 aromatic heterocycles. The van der Waals surface area contributed by atoms with Gasteiger partial charge in [-0.15, -0.1) is 81.2 Å². The van der Waals surface area contributed by atoms with Crippen LogP contribution in [0.5, 0.6) is 0 Å². The van der Waals surface area contributed by atoms with Gasteiger partial charge in [-0.3, -0.25) is 0 Å². The topological polar surface area (TPSA) is 0 Å². The number of hydrogen-bond acceptors (Lipinski definition) is 0. The average molecular weight is 591 g/mol. The Morgan fingerprint density at radius 1 is 0.647 bits per heavy atom. The smallest absolute Gasteiger partial charge is 1.00 e. The van der Waals surface area contributed by atoms with Gasteiger partial charge in [-0.2, -0.15) is 12.1 Å². The normalized spacial score (nSPS) is 9.88. The SMILES string of the molecule is CC(C)Cc1cc2ccccc2[cH-]1.CC(C)Cc1cc2ccccc2[cH-]1.CC[Si]CC.[Cl-].[Cl-].[Zr+4]. The van der Waals surface area contributed by atoms with Crippen molar-refractivity contribution in [1.82, 2.24) is 0 Å². The van der Waals surface area contributed by atoms with Crippen molar-refractivity contribution in [2.24, 2.45) is 11.8 Å². The van der Waals surface area contributed by atoms with Gasteiger partial charge in [0, 0.05) is 9.52 Å². The van der Waals surface area contributed by atoms with Gasteiger partial charge in [0.2, 0.25) is 0 Å². The van der Waals surface area contributed by atoms with Gasteiger partial charge in [-0.05, 0) is 24.7 Å². The molecule has 0 N–H and O–H groups in total. The van der Waals surface area contributed by atoms with Crippen molar-refractivity contribution in [3.63, 3.8) is 0 Å². The summed E-state index contributed by atoms with van der Waals surface area (Å²) in [6, 6.07) is 29.1. The summed E-state index contributed by atoms with van der Waals surface area (Å²) in [5.41, 5.74) is 2.94. The van der Waals surface area contributed by atoms with Crippen LogP contribution in [0, 0.1) is 11.8 Å². The summed E-state index contributed by atoms with van der Waals surface area (Å²) >= 11 is 0. The molecule has 0 atom stereocenters. The maximum atomic E-state index is 2.30. The Hall–Kier alpha value is -0.660. The fraction of sp³-hybridized carbons (Fsp3) is 0.400. The minimum absolute atomic E-state index is 0. The van der Waals surface area contributed by atoms with Crippen molar-refractivity contribution < 1.29 is 51.0 Å². The number of fused-ring (bicyclic) bond motifs is 2. The van der Waals surface area contributed by atoms with E-state index in [0.29, 0.717) is 0 Å². The predicted molar refractivity (Wildman–Crippen MR) is 143 cm³/mol. The van der Waals surface area contributed by atoms with E-state index in [-0.39, 0.29) is 51.0 Å². The Kier molecular flexibility index (Phi) is 20.4. The second kappa shape index (κ2) is 19.5. The summed E-state index contributed by atoms with van der Waals surface area (Å²) in [6.07, 6.45) is 2.38. The van der Waals surface area contributed by atoms with Gasteiger partial charge in [0.05, 0.1) is 0 Å². The molecule has 4 aromatic rings. The van der Waals surface area contributed by atoms with Gasteiger partial charge in [-0.1, -0.05) is 65.8 Å². The van der Waals surface area contributed by atoms with E-state index in [9.17, 15) is 0 Å². The standard InChI is InChI=1S/2C13H15.C4H10Si.2ClH.Zr/c2*1-10(2)7-11-8-12-5-3-4-6-13(12)9-11;1-3-5-4-2;;;/h2*3-6,8-10H,7H2,1-2H3;3-4H2,1-2H3;2*1H;/q2*-1;;;;+4/p-2. The van der Waals surface area contributed by atoms with Gasteiger partial charge >= 0.3 is 26.2 Å². The quantitative estimate of drug-likeness (QED) is 0.239. The summed E-state index contributed by atoms with van der Waals surface area (Å²) in [6.45, 7) is 13.5. The maximum Gasteiger partial charge on any atom is 4.00 e. The van der Waals surface area contributed by atoms with Gasteiger partial charge < -0.3 is 24.8 Å². The van der Waals surface area contributed by atoms with E-state index in [1.54, 1.807) is 0 Å². The molecule has 0 aliphatic rings. The summed E-state index contributed by atoms with van der Waals surface area (Å²) in [5.74, 6) is 1.49. The molecule has 0 saturated heterocycles. The van der Waals surface area contributed by atoms with Crippen LogP contribution in [0.1, 0.15) is 52.7 Å². The molecule has 4 heteroatoms. The van der Waals surface area contributed by atoms with Gasteiger partial charge in [0.25, 0.3) is 0 Å². The molecule has 0 amide bonds. The number of benzene rings is 2. The third-order valence-electron chi connectivity index (χ3n) is 5.14. The number of hydrogen-bond donors (Lipinski definition) is 0. The van der Waals surface area contributed by atoms with E-state index in [2.05, 4.69) is 114 Å². The van der Waals surface area contributed by atoms with Crippen molar-refractivity contribution in [3.05, 3.63) is 83.9 Å². The summed E-state index contributed by atoms with van der Waals surface area (Å²) < 4.78 is 0. The zero-order chi connectivity index (χ0) is 22.6. The van der Waals surface area contributed by atoms with Crippen LogP contribution in [-0.2, 0) is 39.0 Å². The summed E-state index contributed by atoms with van der Waals surface area (Å²) in [7, 11) is 1.20. The van der Waals surface area contributed by atoms with Gasteiger partial charge in [-0.25, -0.2) is 0 Å². The Balaban J connectivity index is 0. The van der Waals surface area contributed by atoms with Crippen LogP contribution >= 0.6 is 0 Å². The second-order valence-electron chi connectivity index (χ2n) is 9.14. The Labute approximate surface area is 242 Å². The van der Waals surface area contributed by atoms with Crippen LogP contribution in [0.4, 0.5) is 0 Å². The van der Waals surface area contributed by atoms with E-state index >= 15 is 0 Å². The van der Waals surface area contributed by atoms with Crippen molar-refractivity contribution in [3.8, 4) is 0 Å². The van der Waals surface area contributed by atoms with Gasteiger partial charge in [0.15, 0.2) is 0 Å². The maximum absolute atomic E-state index is 2.30. The molecule has 0 unspecified atom stereocenters. The van der Waals surface area contributed by atoms with Gasteiger partial charge in [0.1, 0.15) is 0 Å². The first-order valence-electron chi connectivity index (χ1n) is 11.9. The van der Waals surface area contributed by atoms with Crippen LogP contribution in [0.3, 0.4) is 0 Å². The summed E-state index contributed by atoms with van der Waals surface area (Å²) in [5, 5.41) is 5.49. The average Bonchev–Trinajstić information content (AvgIpc) is 3.31. The van der Waals surface area contributed by atoms with Crippen LogP contribution in [0.15, 0.2) is 72.8 Å². The molecule has 0 heterocycles. The summed E-state index contributed by atoms with van der Waals surface area (Å²) in [4.78, 5) is 0. The van der Waals surface area contributed by atoms with Crippen molar-refractivity contribution >= 4 is 31.1 Å². The van der Waals surface area contributed by atoms with Crippen LogP contribution in [0.2, 0.25) is 12.1 Å². The molecule has 34 heavy (non-hydrogen) atoms. The molecule has 2 radical (unpaired) electrons. The molecule has 0 aliphatic carbocycles. The molecule has 4 aromatic carbocycles. The fourth-order valence-corrected chi connectivity index (χ4v) is 4.36. The third-order valence-corrected chi connectivity index (χ3v) is 6.14. The van der Waals surface area contributed by atoms with Crippen LogP contribution < -0.4 is 24.8 Å². The molecular formula is C30H40Cl2SiZr. The predicted octanol–water partition coefficient (Wildman–Crippen LogP) is 3.09. The first kappa shape index (κ1) is 35.5. The second-order valence-corrected chi connectivity index (χ2v) is 11.1. The minimum atomic E-state index is 0. The van der Waals surface area contributed by atoms with Crippen molar-refractivity contribution in [2.75, 3.05) is 0 Å². The minimum Gasteiger partial charge on any atom is -1.00 e. The van der Waals surface area contributed by atoms with E-state index in [4.69, 9.17) is 0 Å². The Morgan fingerprint density at radius 2 is 1.00 bits per heavy atom. The van der Waals surface area contributed by atoms with E-state index in [0.717, 1.165) is 11.8 Å². The molecular weight excluding hydrogens is 551 g/mol. The van der Waals surface area contributed by atoms with Crippen molar-refractivity contribution in [2.45, 2.75) is 66.5 Å². The number of rotatable bonds is 6. The molecule has 0 fully saturated rings. The van der Waals surface area contributed by atoms with E-state index < -0.39 is 0 Å². The monoisotopic (exact) mass is 588 g/mol. The van der Waals surface area contributed by atoms with Crippen molar-refractivity contribution in [1.29, 1.82) is 0 Å². The first-order chi connectivity index (χ1) is 14.9. The molecule has 0 saturated carbocycles.